The molecule has 0 saturated carbocycles. The van der Waals surface area contributed by atoms with Crippen molar-refractivity contribution in [2.24, 2.45) is 0 Å². The van der Waals surface area contributed by atoms with E-state index in [9.17, 15) is 0 Å². The summed E-state index contributed by atoms with van der Waals surface area (Å²) in [6.45, 7) is 4.20. The van der Waals surface area contributed by atoms with Gasteiger partial charge < -0.3 is 13.6 Å². The summed E-state index contributed by atoms with van der Waals surface area (Å²) in [6.07, 6.45) is 8.33. The van der Waals surface area contributed by atoms with Gasteiger partial charge in [0.15, 0.2) is 0 Å². The number of aryl methyl sites for hydroxylation is 1. The standard InChI is InChI=1S/C15H18O3/c1-11-7-13(17-9-11)8-15(2)5-3-14(18-15)12-4-6-16-10-12/h4,6-7,9-10,14H,3,5,8H2,1-2H3/t14-,15-/m0/s1. The Balaban J connectivity index is 1.70. The van der Waals surface area contributed by atoms with E-state index in [0.29, 0.717) is 0 Å². The van der Waals surface area contributed by atoms with E-state index in [1.54, 1.807) is 18.8 Å². The Hall–Kier alpha value is -1.48. The Labute approximate surface area is 107 Å². The smallest absolute Gasteiger partial charge is 0.106 e. The van der Waals surface area contributed by atoms with Crippen LogP contribution in [0.5, 0.6) is 0 Å². The highest BCUT2D eigenvalue weighted by atomic mass is 16.5. The summed E-state index contributed by atoms with van der Waals surface area (Å²) >= 11 is 0. The summed E-state index contributed by atoms with van der Waals surface area (Å²) in [6, 6.07) is 4.06. The van der Waals surface area contributed by atoms with Gasteiger partial charge in [-0.15, -0.1) is 0 Å². The van der Waals surface area contributed by atoms with Crippen LogP contribution in [0.25, 0.3) is 0 Å². The van der Waals surface area contributed by atoms with E-state index >= 15 is 0 Å². The minimum Gasteiger partial charge on any atom is -0.472 e. The summed E-state index contributed by atoms with van der Waals surface area (Å²) in [5.41, 5.74) is 2.17. The zero-order valence-electron chi connectivity index (χ0n) is 10.8. The van der Waals surface area contributed by atoms with Crippen LogP contribution in [0.2, 0.25) is 0 Å². The molecule has 0 amide bonds. The van der Waals surface area contributed by atoms with Crippen LogP contribution < -0.4 is 0 Å². The maximum absolute atomic E-state index is 6.19. The molecule has 1 saturated heterocycles. The summed E-state index contributed by atoms with van der Waals surface area (Å²) < 4.78 is 16.8. The molecule has 2 atom stereocenters. The van der Waals surface area contributed by atoms with E-state index in [-0.39, 0.29) is 11.7 Å². The first-order valence-corrected chi connectivity index (χ1v) is 6.39. The second-order valence-electron chi connectivity index (χ2n) is 5.42. The summed E-state index contributed by atoms with van der Waals surface area (Å²) in [7, 11) is 0. The predicted molar refractivity (Wildman–Crippen MR) is 67.3 cm³/mol. The van der Waals surface area contributed by atoms with Crippen LogP contribution in [0.15, 0.2) is 39.8 Å². The Morgan fingerprint density at radius 3 is 2.94 bits per heavy atom. The zero-order chi connectivity index (χ0) is 12.6. The molecule has 0 bridgehead atoms. The average Bonchev–Trinajstić information content (AvgIpc) is 3.00. The van der Waals surface area contributed by atoms with Crippen LogP contribution in [-0.2, 0) is 11.2 Å². The van der Waals surface area contributed by atoms with Gasteiger partial charge in [-0.3, -0.25) is 0 Å². The summed E-state index contributed by atoms with van der Waals surface area (Å²) in [5.74, 6) is 1.00. The van der Waals surface area contributed by atoms with Crippen LogP contribution >= 0.6 is 0 Å². The first-order chi connectivity index (χ1) is 8.65. The van der Waals surface area contributed by atoms with Gasteiger partial charge >= 0.3 is 0 Å². The van der Waals surface area contributed by atoms with Gasteiger partial charge in [-0.05, 0) is 44.4 Å². The third-order valence-corrected chi connectivity index (χ3v) is 3.61. The average molecular weight is 246 g/mol. The largest absolute Gasteiger partial charge is 0.472 e. The third kappa shape index (κ3) is 2.23. The number of hydrogen-bond acceptors (Lipinski definition) is 3. The van der Waals surface area contributed by atoms with E-state index in [1.807, 2.05) is 13.0 Å². The minimum atomic E-state index is -0.133. The molecule has 96 valence electrons. The quantitative estimate of drug-likeness (QED) is 0.820. The Kier molecular flexibility index (Phi) is 2.78. The molecule has 1 fully saturated rings. The van der Waals surface area contributed by atoms with Gasteiger partial charge in [-0.25, -0.2) is 0 Å². The fourth-order valence-electron chi connectivity index (χ4n) is 2.67. The van der Waals surface area contributed by atoms with E-state index in [2.05, 4.69) is 13.0 Å². The van der Waals surface area contributed by atoms with Gasteiger partial charge in [-0.1, -0.05) is 0 Å². The van der Waals surface area contributed by atoms with E-state index in [0.717, 1.165) is 36.1 Å². The molecule has 2 aromatic heterocycles. The Morgan fingerprint density at radius 2 is 2.28 bits per heavy atom. The van der Waals surface area contributed by atoms with Crippen molar-refractivity contribution in [2.45, 2.75) is 44.8 Å². The van der Waals surface area contributed by atoms with Crippen LogP contribution in [0, 0.1) is 6.92 Å². The lowest BCUT2D eigenvalue weighted by atomic mass is 9.96. The molecule has 1 aliphatic heterocycles. The normalized spacial score (nSPS) is 27.8. The van der Waals surface area contributed by atoms with Crippen LogP contribution in [0.3, 0.4) is 0 Å². The molecule has 0 aromatic carbocycles. The number of ether oxygens (including phenoxy) is 1. The minimum absolute atomic E-state index is 0.133. The fourth-order valence-corrected chi connectivity index (χ4v) is 2.67. The molecule has 3 heterocycles. The molecule has 0 radical (unpaired) electrons. The summed E-state index contributed by atoms with van der Waals surface area (Å²) in [5, 5.41) is 0. The fraction of sp³-hybridized carbons (Fsp3) is 0.467. The van der Waals surface area contributed by atoms with E-state index < -0.39 is 0 Å². The first-order valence-electron chi connectivity index (χ1n) is 6.39. The molecular formula is C15H18O3. The number of furan rings is 2. The van der Waals surface area contributed by atoms with Gasteiger partial charge in [-0.2, -0.15) is 0 Å². The SMILES string of the molecule is Cc1coc(C[C@]2(C)CC[C@@H](c3ccoc3)O2)c1. The molecule has 1 aliphatic rings. The maximum atomic E-state index is 6.19. The van der Waals surface area contributed by atoms with Gasteiger partial charge in [0.1, 0.15) is 5.76 Å². The lowest BCUT2D eigenvalue weighted by Crippen LogP contribution is -2.26. The Morgan fingerprint density at radius 1 is 1.39 bits per heavy atom. The van der Waals surface area contributed by atoms with Crippen LogP contribution in [-0.4, -0.2) is 5.60 Å². The van der Waals surface area contributed by atoms with Crippen molar-refractivity contribution < 1.29 is 13.6 Å². The molecule has 0 N–H and O–H groups in total. The molecule has 3 heteroatoms. The van der Waals surface area contributed by atoms with E-state index in [4.69, 9.17) is 13.6 Å². The molecule has 0 unspecified atom stereocenters. The lowest BCUT2D eigenvalue weighted by molar-refractivity contribution is -0.0319. The van der Waals surface area contributed by atoms with Crippen molar-refractivity contribution in [3.63, 3.8) is 0 Å². The van der Waals surface area contributed by atoms with Crippen molar-refractivity contribution in [1.29, 1.82) is 0 Å². The second-order valence-corrected chi connectivity index (χ2v) is 5.42. The lowest BCUT2D eigenvalue weighted by Gasteiger charge is -2.23. The van der Waals surface area contributed by atoms with Crippen molar-refractivity contribution in [3.8, 4) is 0 Å². The second kappa shape index (κ2) is 4.32. The predicted octanol–water partition coefficient (Wildman–Crippen LogP) is 4.03. The number of hydrogen-bond donors (Lipinski definition) is 0. The Bertz CT molecular complexity index is 512. The zero-order valence-corrected chi connectivity index (χ0v) is 10.8. The highest BCUT2D eigenvalue weighted by Gasteiger charge is 2.37. The molecule has 0 aliphatic carbocycles. The molecule has 3 nitrogen and oxygen atoms in total. The number of rotatable bonds is 3. The van der Waals surface area contributed by atoms with Crippen molar-refractivity contribution in [2.75, 3.05) is 0 Å². The summed E-state index contributed by atoms with van der Waals surface area (Å²) in [4.78, 5) is 0. The molecular weight excluding hydrogens is 228 g/mol. The highest BCUT2D eigenvalue weighted by Crippen LogP contribution is 2.41. The van der Waals surface area contributed by atoms with Crippen molar-refractivity contribution in [3.05, 3.63) is 47.8 Å². The first kappa shape index (κ1) is 11.6. The third-order valence-electron chi connectivity index (χ3n) is 3.61. The molecule has 18 heavy (non-hydrogen) atoms. The maximum Gasteiger partial charge on any atom is 0.106 e. The van der Waals surface area contributed by atoms with Crippen molar-refractivity contribution >= 4 is 0 Å². The molecule has 3 rings (SSSR count). The topological polar surface area (TPSA) is 35.5 Å². The van der Waals surface area contributed by atoms with Crippen molar-refractivity contribution in [1.82, 2.24) is 0 Å². The molecule has 0 spiro atoms. The van der Waals surface area contributed by atoms with Crippen LogP contribution in [0.1, 0.15) is 42.8 Å². The molecule has 2 aromatic rings. The van der Waals surface area contributed by atoms with Crippen LogP contribution in [0.4, 0.5) is 0 Å². The monoisotopic (exact) mass is 246 g/mol. The van der Waals surface area contributed by atoms with Gasteiger partial charge in [0, 0.05) is 12.0 Å². The van der Waals surface area contributed by atoms with Gasteiger partial charge in [0.25, 0.3) is 0 Å². The highest BCUT2D eigenvalue weighted by molar-refractivity contribution is 5.15. The van der Waals surface area contributed by atoms with Gasteiger partial charge in [0.05, 0.1) is 30.5 Å². The van der Waals surface area contributed by atoms with E-state index in [1.165, 1.54) is 0 Å². The van der Waals surface area contributed by atoms with Gasteiger partial charge in [0.2, 0.25) is 0 Å².